The Labute approximate surface area is 119 Å². The van der Waals surface area contributed by atoms with Crippen LogP contribution >= 0.6 is 0 Å². The number of likely N-dealkylation sites (tertiary alicyclic amines) is 1. The molecule has 0 radical (unpaired) electrons. The lowest BCUT2D eigenvalue weighted by Gasteiger charge is -2.31. The molecule has 1 amide bonds. The van der Waals surface area contributed by atoms with Crippen molar-refractivity contribution >= 4 is 5.91 Å². The normalized spacial score (nSPS) is 15.6. The van der Waals surface area contributed by atoms with Crippen molar-refractivity contribution in [2.24, 2.45) is 5.92 Å². The average molecular weight is 273 g/mol. The number of hydrogen-bond donors (Lipinski definition) is 2. The van der Waals surface area contributed by atoms with Gasteiger partial charge in [-0.25, -0.2) is 0 Å². The topological polar surface area (TPSA) is 60.8 Å². The molecule has 4 nitrogen and oxygen atoms in total. The molecule has 1 aliphatic heterocycles. The zero-order valence-electron chi connectivity index (χ0n) is 11.4. The number of aliphatic hydroxyl groups excluding tert-OH is 2. The number of benzene rings is 1. The zero-order chi connectivity index (χ0) is 14.4. The van der Waals surface area contributed by atoms with Gasteiger partial charge in [-0.05, 0) is 37.0 Å². The molecule has 2 N–H and O–H groups in total. The minimum Gasteiger partial charge on any atom is -0.396 e. The summed E-state index contributed by atoms with van der Waals surface area (Å²) in [5.41, 5.74) is 1.35. The first-order valence-electron chi connectivity index (χ1n) is 6.84. The standard InChI is InChI=1S/C16H19NO3/c18-10-2-4-13-3-1-5-15(11-13)16(20)17-8-6-14(12-19)7-9-17/h1,3,5,11,14,18-19H,6-10,12H2. The molecule has 0 aliphatic carbocycles. The number of carbonyl (C=O) groups excluding carboxylic acids is 1. The molecule has 0 atom stereocenters. The van der Waals surface area contributed by atoms with E-state index in [1.165, 1.54) is 0 Å². The van der Waals surface area contributed by atoms with Crippen LogP contribution in [0.5, 0.6) is 0 Å². The van der Waals surface area contributed by atoms with E-state index in [0.29, 0.717) is 24.6 Å². The number of amides is 1. The Morgan fingerprint density at radius 3 is 2.70 bits per heavy atom. The summed E-state index contributed by atoms with van der Waals surface area (Å²) in [7, 11) is 0. The fourth-order valence-electron chi connectivity index (χ4n) is 2.37. The van der Waals surface area contributed by atoms with Gasteiger partial charge in [0.1, 0.15) is 6.61 Å². The molecule has 1 aromatic rings. The molecule has 1 aliphatic rings. The van der Waals surface area contributed by atoms with Crippen LogP contribution in [0.15, 0.2) is 24.3 Å². The van der Waals surface area contributed by atoms with Crippen molar-refractivity contribution in [3.8, 4) is 11.8 Å². The molecular weight excluding hydrogens is 254 g/mol. The second-order valence-corrected chi connectivity index (χ2v) is 4.96. The van der Waals surface area contributed by atoms with E-state index in [9.17, 15) is 4.79 Å². The summed E-state index contributed by atoms with van der Waals surface area (Å²) in [6.45, 7) is 1.40. The minimum absolute atomic E-state index is 0.00837. The van der Waals surface area contributed by atoms with E-state index < -0.39 is 0 Å². The highest BCUT2D eigenvalue weighted by atomic mass is 16.3. The van der Waals surface area contributed by atoms with Crippen molar-refractivity contribution in [2.45, 2.75) is 12.8 Å². The highest BCUT2D eigenvalue weighted by Gasteiger charge is 2.23. The van der Waals surface area contributed by atoms with Gasteiger partial charge in [0, 0.05) is 30.8 Å². The van der Waals surface area contributed by atoms with Crippen LogP contribution in [-0.2, 0) is 0 Å². The van der Waals surface area contributed by atoms with Crippen molar-refractivity contribution in [1.82, 2.24) is 4.90 Å². The van der Waals surface area contributed by atoms with Crippen molar-refractivity contribution in [1.29, 1.82) is 0 Å². The van der Waals surface area contributed by atoms with Crippen LogP contribution in [0.2, 0.25) is 0 Å². The summed E-state index contributed by atoms with van der Waals surface area (Å²) in [5.74, 6) is 5.71. The number of piperidine rings is 1. The van der Waals surface area contributed by atoms with Crippen molar-refractivity contribution in [3.05, 3.63) is 35.4 Å². The van der Waals surface area contributed by atoms with Crippen LogP contribution in [-0.4, -0.2) is 47.3 Å². The first kappa shape index (κ1) is 14.6. The van der Waals surface area contributed by atoms with E-state index in [1.807, 2.05) is 11.0 Å². The van der Waals surface area contributed by atoms with Crippen LogP contribution in [0.1, 0.15) is 28.8 Å². The quantitative estimate of drug-likeness (QED) is 0.786. The Bertz CT molecular complexity index is 522. The minimum atomic E-state index is -0.188. The summed E-state index contributed by atoms with van der Waals surface area (Å²) in [4.78, 5) is 14.2. The van der Waals surface area contributed by atoms with Crippen molar-refractivity contribution < 1.29 is 15.0 Å². The number of carbonyl (C=O) groups is 1. The van der Waals surface area contributed by atoms with Crippen molar-refractivity contribution in [3.63, 3.8) is 0 Å². The number of aliphatic hydroxyl groups is 2. The fourth-order valence-corrected chi connectivity index (χ4v) is 2.37. The van der Waals surface area contributed by atoms with Gasteiger partial charge in [0.15, 0.2) is 0 Å². The monoisotopic (exact) mass is 273 g/mol. The Balaban J connectivity index is 2.06. The maximum atomic E-state index is 12.4. The molecular formula is C16H19NO3. The van der Waals surface area contributed by atoms with Crippen LogP contribution in [0.25, 0.3) is 0 Å². The Morgan fingerprint density at radius 2 is 2.05 bits per heavy atom. The summed E-state index contributed by atoms with van der Waals surface area (Å²) in [6, 6.07) is 7.15. The lowest BCUT2D eigenvalue weighted by molar-refractivity contribution is 0.0651. The summed E-state index contributed by atoms with van der Waals surface area (Å²) >= 11 is 0. The molecule has 1 fully saturated rings. The molecule has 1 heterocycles. The highest BCUT2D eigenvalue weighted by molar-refractivity contribution is 5.94. The van der Waals surface area contributed by atoms with Gasteiger partial charge < -0.3 is 15.1 Å². The summed E-state index contributed by atoms with van der Waals surface area (Å²) in [5, 5.41) is 17.8. The Kier molecular flexibility index (Phi) is 5.16. The number of nitrogens with zero attached hydrogens (tertiary/aromatic N) is 1. The van der Waals surface area contributed by atoms with Crippen molar-refractivity contribution in [2.75, 3.05) is 26.3 Å². The molecule has 0 unspecified atom stereocenters. The molecule has 1 aromatic carbocycles. The Morgan fingerprint density at radius 1 is 1.30 bits per heavy atom. The smallest absolute Gasteiger partial charge is 0.253 e. The van der Waals surface area contributed by atoms with E-state index in [4.69, 9.17) is 10.2 Å². The van der Waals surface area contributed by atoms with Gasteiger partial charge in [0.2, 0.25) is 0 Å². The van der Waals surface area contributed by atoms with Crippen LogP contribution < -0.4 is 0 Å². The van der Waals surface area contributed by atoms with Gasteiger partial charge >= 0.3 is 0 Å². The van der Waals surface area contributed by atoms with Crippen LogP contribution in [0, 0.1) is 17.8 Å². The molecule has 0 bridgehead atoms. The second-order valence-electron chi connectivity index (χ2n) is 4.96. The van der Waals surface area contributed by atoms with Gasteiger partial charge in [-0.3, -0.25) is 4.79 Å². The Hall–Kier alpha value is -1.83. The third-order valence-electron chi connectivity index (χ3n) is 3.58. The average Bonchev–Trinajstić information content (AvgIpc) is 2.52. The molecule has 106 valence electrons. The molecule has 0 spiro atoms. The van der Waals surface area contributed by atoms with E-state index >= 15 is 0 Å². The zero-order valence-corrected chi connectivity index (χ0v) is 11.4. The summed E-state index contributed by atoms with van der Waals surface area (Å²) < 4.78 is 0. The largest absolute Gasteiger partial charge is 0.396 e. The maximum absolute atomic E-state index is 12.4. The molecule has 0 aromatic heterocycles. The predicted octanol–water partition coefficient (Wildman–Crippen LogP) is 0.875. The third kappa shape index (κ3) is 3.60. The van der Waals surface area contributed by atoms with Gasteiger partial charge in [0.05, 0.1) is 0 Å². The van der Waals surface area contributed by atoms with E-state index in [1.54, 1.807) is 18.2 Å². The summed E-state index contributed by atoms with van der Waals surface area (Å²) in [6.07, 6.45) is 1.71. The first-order valence-corrected chi connectivity index (χ1v) is 6.84. The van der Waals surface area contributed by atoms with E-state index in [0.717, 1.165) is 18.4 Å². The molecule has 0 saturated carbocycles. The van der Waals surface area contributed by atoms with Crippen LogP contribution in [0.3, 0.4) is 0 Å². The maximum Gasteiger partial charge on any atom is 0.253 e. The number of hydrogen-bond acceptors (Lipinski definition) is 3. The molecule has 2 rings (SSSR count). The lowest BCUT2D eigenvalue weighted by atomic mass is 9.97. The third-order valence-corrected chi connectivity index (χ3v) is 3.58. The van der Waals surface area contributed by atoms with E-state index in [2.05, 4.69) is 11.8 Å². The first-order chi connectivity index (χ1) is 9.74. The number of rotatable bonds is 2. The molecule has 1 saturated heterocycles. The van der Waals surface area contributed by atoms with Gasteiger partial charge in [-0.1, -0.05) is 17.9 Å². The van der Waals surface area contributed by atoms with Gasteiger partial charge in [0.25, 0.3) is 5.91 Å². The molecule has 20 heavy (non-hydrogen) atoms. The highest BCUT2D eigenvalue weighted by Crippen LogP contribution is 2.18. The fraction of sp³-hybridized carbons (Fsp3) is 0.438. The lowest BCUT2D eigenvalue weighted by Crippen LogP contribution is -2.39. The van der Waals surface area contributed by atoms with E-state index in [-0.39, 0.29) is 19.1 Å². The SMILES string of the molecule is O=C(c1cccc(C#CCO)c1)N1CCC(CO)CC1. The van der Waals surface area contributed by atoms with Gasteiger partial charge in [-0.2, -0.15) is 0 Å². The van der Waals surface area contributed by atoms with Gasteiger partial charge in [-0.15, -0.1) is 0 Å². The molecule has 4 heteroatoms. The predicted molar refractivity (Wildman–Crippen MR) is 76.1 cm³/mol. The second kappa shape index (κ2) is 7.09. The van der Waals surface area contributed by atoms with Crippen LogP contribution in [0.4, 0.5) is 0 Å².